The Balaban J connectivity index is 1.92. The van der Waals surface area contributed by atoms with Crippen LogP contribution in [0.3, 0.4) is 0 Å². The Morgan fingerprint density at radius 2 is 1.71 bits per heavy atom. The van der Waals surface area contributed by atoms with Crippen LogP contribution in [0.4, 0.5) is 0 Å². The zero-order chi connectivity index (χ0) is 17.2. The summed E-state index contributed by atoms with van der Waals surface area (Å²) in [7, 11) is 0. The van der Waals surface area contributed by atoms with Crippen molar-refractivity contribution in [3.8, 4) is 0 Å². The minimum Gasteiger partial charge on any atom is -0.622 e. The normalized spacial score (nSPS) is 20.4. The zero-order valence-corrected chi connectivity index (χ0v) is 15.4. The van der Waals surface area contributed by atoms with Gasteiger partial charge in [0.05, 0.1) is 6.54 Å². The Morgan fingerprint density at radius 1 is 1.12 bits per heavy atom. The van der Waals surface area contributed by atoms with E-state index in [1.165, 1.54) is 0 Å². The van der Waals surface area contributed by atoms with E-state index in [0.717, 1.165) is 20.2 Å². The summed E-state index contributed by atoms with van der Waals surface area (Å²) in [6.45, 7) is 4.79. The monoisotopic (exact) mass is 356 g/mol. The van der Waals surface area contributed by atoms with E-state index in [4.69, 9.17) is 12.2 Å². The van der Waals surface area contributed by atoms with Gasteiger partial charge < -0.3 is 5.21 Å². The van der Waals surface area contributed by atoms with Crippen molar-refractivity contribution in [3.05, 3.63) is 77.0 Å². The number of hydrogen-bond donors (Lipinski definition) is 0. The topological polar surface area (TPSA) is 29.3 Å². The van der Waals surface area contributed by atoms with Gasteiger partial charge in [-0.05, 0) is 31.5 Å². The third-order valence-electron chi connectivity index (χ3n) is 4.01. The molecular formula is C19H20N2OS2. The summed E-state index contributed by atoms with van der Waals surface area (Å²) in [5.41, 5.74) is 2.04. The maximum atomic E-state index is 12.9. The van der Waals surface area contributed by atoms with Crippen LogP contribution in [-0.4, -0.2) is 31.1 Å². The lowest BCUT2D eigenvalue weighted by Gasteiger charge is -2.29. The van der Waals surface area contributed by atoms with Crippen molar-refractivity contribution in [1.82, 2.24) is 4.90 Å². The SMILES string of the molecule is CC1(C)SC(=S)N(Cc2ccccc2)[C@H]1/[N+]([O-])=C\c1ccccc1. The third-order valence-corrected chi connectivity index (χ3v) is 5.65. The summed E-state index contributed by atoms with van der Waals surface area (Å²) in [5.74, 6) is 0. The van der Waals surface area contributed by atoms with E-state index in [9.17, 15) is 5.21 Å². The maximum absolute atomic E-state index is 12.9. The predicted molar refractivity (Wildman–Crippen MR) is 105 cm³/mol. The minimum atomic E-state index is -0.338. The number of nitrogens with zero attached hydrogens (tertiary/aromatic N) is 2. The van der Waals surface area contributed by atoms with E-state index in [-0.39, 0.29) is 10.9 Å². The Hall–Kier alpha value is -1.85. The molecule has 0 aromatic heterocycles. The second kappa shape index (κ2) is 6.95. The van der Waals surface area contributed by atoms with Crippen LogP contribution in [0.1, 0.15) is 25.0 Å². The van der Waals surface area contributed by atoms with Gasteiger partial charge in [0.25, 0.3) is 6.17 Å². The van der Waals surface area contributed by atoms with Gasteiger partial charge in [-0.1, -0.05) is 72.5 Å². The Morgan fingerprint density at radius 3 is 2.33 bits per heavy atom. The summed E-state index contributed by atoms with van der Waals surface area (Å²) >= 11 is 7.15. The largest absolute Gasteiger partial charge is 0.622 e. The van der Waals surface area contributed by atoms with Crippen LogP contribution in [0, 0.1) is 5.21 Å². The number of hydroxylamine groups is 1. The molecule has 2 aromatic rings. The standard InChI is InChI=1S/C19H20N2OS2/c1-19(2)17(21(22)14-16-11-7-4-8-12-16)20(18(23)24-19)13-15-9-5-3-6-10-15/h3-12,14,17H,13H2,1-2H3/b21-14+/t17-/m0/s1. The average molecular weight is 357 g/mol. The highest BCUT2D eigenvalue weighted by molar-refractivity contribution is 8.24. The molecule has 5 heteroatoms. The summed E-state index contributed by atoms with van der Waals surface area (Å²) < 4.78 is 1.54. The third kappa shape index (κ3) is 3.62. The second-order valence-electron chi connectivity index (χ2n) is 6.36. The maximum Gasteiger partial charge on any atom is 0.254 e. The molecular weight excluding hydrogens is 336 g/mol. The molecule has 0 bridgehead atoms. The summed E-state index contributed by atoms with van der Waals surface area (Å²) in [6.07, 6.45) is 1.31. The first-order valence-electron chi connectivity index (χ1n) is 7.86. The van der Waals surface area contributed by atoms with E-state index < -0.39 is 0 Å². The Kier molecular flexibility index (Phi) is 4.92. The van der Waals surface area contributed by atoms with Gasteiger partial charge in [0.15, 0.2) is 6.21 Å². The number of thioether (sulfide) groups is 1. The highest BCUT2D eigenvalue weighted by atomic mass is 32.2. The first kappa shape index (κ1) is 17.0. The highest BCUT2D eigenvalue weighted by Gasteiger charge is 2.50. The molecule has 0 amide bonds. The fraction of sp³-hybridized carbons (Fsp3) is 0.263. The van der Waals surface area contributed by atoms with Crippen molar-refractivity contribution >= 4 is 34.5 Å². The fourth-order valence-electron chi connectivity index (χ4n) is 2.94. The van der Waals surface area contributed by atoms with Crippen LogP contribution in [0.15, 0.2) is 60.7 Å². The van der Waals surface area contributed by atoms with Crippen LogP contribution >= 0.6 is 24.0 Å². The highest BCUT2D eigenvalue weighted by Crippen LogP contribution is 2.42. The molecule has 0 saturated carbocycles. The van der Waals surface area contributed by atoms with Gasteiger partial charge in [-0.2, -0.15) is 4.74 Å². The van der Waals surface area contributed by atoms with E-state index >= 15 is 0 Å². The van der Waals surface area contributed by atoms with E-state index in [1.54, 1.807) is 18.0 Å². The minimum absolute atomic E-state index is 0.279. The number of thiocarbonyl (C=S) groups is 1. The van der Waals surface area contributed by atoms with E-state index in [1.807, 2.05) is 53.4 Å². The molecule has 1 aliphatic heterocycles. The Labute approximate surface area is 152 Å². The molecule has 3 nitrogen and oxygen atoms in total. The van der Waals surface area contributed by atoms with Crippen molar-refractivity contribution in [1.29, 1.82) is 0 Å². The van der Waals surface area contributed by atoms with Gasteiger partial charge in [0.2, 0.25) is 0 Å². The molecule has 124 valence electrons. The lowest BCUT2D eigenvalue weighted by molar-refractivity contribution is -0.524. The smallest absolute Gasteiger partial charge is 0.254 e. The number of rotatable bonds is 4. The molecule has 0 radical (unpaired) electrons. The average Bonchev–Trinajstić information content (AvgIpc) is 2.78. The van der Waals surface area contributed by atoms with Crippen molar-refractivity contribution in [2.75, 3.05) is 0 Å². The fourth-order valence-corrected chi connectivity index (χ4v) is 4.82. The molecule has 0 spiro atoms. The molecule has 0 aliphatic carbocycles. The molecule has 24 heavy (non-hydrogen) atoms. The Bertz CT molecular complexity index is 744. The molecule has 0 N–H and O–H groups in total. The van der Waals surface area contributed by atoms with E-state index in [0.29, 0.717) is 6.54 Å². The van der Waals surface area contributed by atoms with Crippen molar-refractivity contribution < 1.29 is 4.74 Å². The molecule has 1 saturated heterocycles. The van der Waals surface area contributed by atoms with Crippen molar-refractivity contribution in [2.24, 2.45) is 0 Å². The molecule has 1 fully saturated rings. The molecule has 2 aromatic carbocycles. The molecule has 1 aliphatic rings. The second-order valence-corrected chi connectivity index (χ2v) is 8.65. The van der Waals surface area contributed by atoms with Crippen molar-refractivity contribution in [2.45, 2.75) is 31.3 Å². The molecule has 0 unspecified atom stereocenters. The van der Waals surface area contributed by atoms with Crippen LogP contribution in [0.2, 0.25) is 0 Å². The van der Waals surface area contributed by atoms with Crippen LogP contribution in [0.5, 0.6) is 0 Å². The molecule has 3 rings (SSSR count). The first-order valence-corrected chi connectivity index (χ1v) is 9.09. The van der Waals surface area contributed by atoms with Gasteiger partial charge in [-0.15, -0.1) is 0 Å². The zero-order valence-electron chi connectivity index (χ0n) is 13.8. The van der Waals surface area contributed by atoms with Gasteiger partial charge in [-0.25, -0.2) is 0 Å². The van der Waals surface area contributed by atoms with Gasteiger partial charge >= 0.3 is 0 Å². The van der Waals surface area contributed by atoms with Crippen LogP contribution < -0.4 is 0 Å². The van der Waals surface area contributed by atoms with E-state index in [2.05, 4.69) is 26.0 Å². The summed E-state index contributed by atoms with van der Waals surface area (Å²) in [4.78, 5) is 2.03. The summed E-state index contributed by atoms with van der Waals surface area (Å²) in [6, 6.07) is 19.8. The first-order chi connectivity index (χ1) is 11.5. The van der Waals surface area contributed by atoms with Gasteiger partial charge in [0.1, 0.15) is 9.07 Å². The van der Waals surface area contributed by atoms with Gasteiger partial charge in [0, 0.05) is 5.56 Å². The van der Waals surface area contributed by atoms with Crippen LogP contribution in [0.25, 0.3) is 0 Å². The number of hydrogen-bond acceptors (Lipinski definition) is 3. The lowest BCUT2D eigenvalue weighted by atomic mass is 10.1. The van der Waals surface area contributed by atoms with Crippen molar-refractivity contribution in [3.63, 3.8) is 0 Å². The predicted octanol–water partition coefficient (Wildman–Crippen LogP) is 4.25. The summed E-state index contributed by atoms with van der Waals surface area (Å²) in [5, 5.41) is 12.9. The van der Waals surface area contributed by atoms with Gasteiger partial charge in [-0.3, -0.25) is 4.90 Å². The van der Waals surface area contributed by atoms with Crippen LogP contribution in [-0.2, 0) is 6.54 Å². The quantitative estimate of drug-likeness (QED) is 0.269. The number of benzene rings is 2. The lowest BCUT2D eigenvalue weighted by Crippen LogP contribution is -2.47. The molecule has 1 atom stereocenters. The molecule has 1 heterocycles.